The fourth-order valence-electron chi connectivity index (χ4n) is 1.29. The van der Waals surface area contributed by atoms with Crippen LogP contribution < -0.4 is 0 Å². The zero-order valence-corrected chi connectivity index (χ0v) is 8.18. The third-order valence-corrected chi connectivity index (χ3v) is 2.12. The molecule has 0 heterocycles. The Hall–Kier alpha value is -1.57. The van der Waals surface area contributed by atoms with Gasteiger partial charge >= 0.3 is 5.97 Å². The van der Waals surface area contributed by atoms with Gasteiger partial charge in [0.1, 0.15) is 0 Å². The van der Waals surface area contributed by atoms with Crippen molar-refractivity contribution in [3.8, 4) is 0 Å². The Morgan fingerprint density at radius 3 is 2.64 bits per heavy atom. The van der Waals surface area contributed by atoms with Crippen molar-refractivity contribution in [2.24, 2.45) is 0 Å². The molecule has 1 unspecified atom stereocenters. The number of benzene rings is 1. The normalized spacial score (nSPS) is 12.9. The maximum atomic E-state index is 10.2. The molecule has 0 fully saturated rings. The van der Waals surface area contributed by atoms with Crippen LogP contribution in [0.2, 0.25) is 0 Å². The van der Waals surface area contributed by atoms with Crippen LogP contribution in [-0.2, 0) is 4.79 Å². The predicted molar refractivity (Wildman–Crippen MR) is 56.2 cm³/mol. The second-order valence-electron chi connectivity index (χ2n) is 3.29. The number of carbonyl (C=O) groups is 1. The Bertz CT molecular complexity index is 314. The van der Waals surface area contributed by atoms with Gasteiger partial charge in [0, 0.05) is 6.08 Å². The summed E-state index contributed by atoms with van der Waals surface area (Å²) in [6, 6.07) is 10.1. The van der Waals surface area contributed by atoms with Crippen LogP contribution in [0.3, 0.4) is 0 Å². The largest absolute Gasteiger partial charge is 0.478 e. The first-order valence-corrected chi connectivity index (χ1v) is 4.64. The highest BCUT2D eigenvalue weighted by Crippen LogP contribution is 2.18. The maximum Gasteiger partial charge on any atom is 0.327 e. The molecule has 0 aliphatic carbocycles. The highest BCUT2D eigenvalue weighted by atomic mass is 16.4. The van der Waals surface area contributed by atoms with Gasteiger partial charge in [-0.3, -0.25) is 0 Å². The van der Waals surface area contributed by atoms with E-state index in [4.69, 9.17) is 5.11 Å². The number of hydrogen-bond donors (Lipinski definition) is 1. The highest BCUT2D eigenvalue weighted by molar-refractivity contribution is 5.79. The monoisotopic (exact) mass is 190 g/mol. The minimum absolute atomic E-state index is 0.367. The predicted octanol–water partition coefficient (Wildman–Crippen LogP) is 2.82. The van der Waals surface area contributed by atoms with Gasteiger partial charge < -0.3 is 5.11 Å². The molecule has 14 heavy (non-hydrogen) atoms. The quantitative estimate of drug-likeness (QED) is 0.741. The molecule has 1 aromatic carbocycles. The van der Waals surface area contributed by atoms with Gasteiger partial charge in [-0.25, -0.2) is 4.79 Å². The number of carboxylic acid groups (broad SMARTS) is 1. The highest BCUT2D eigenvalue weighted by Gasteiger charge is 2.01. The number of rotatable bonds is 4. The van der Waals surface area contributed by atoms with E-state index in [-0.39, 0.29) is 0 Å². The maximum absolute atomic E-state index is 10.2. The van der Waals surface area contributed by atoms with Crippen LogP contribution in [-0.4, -0.2) is 11.1 Å². The molecule has 0 saturated carbocycles. The Balaban J connectivity index is 2.51. The molecular weight excluding hydrogens is 176 g/mol. The standard InChI is InChI=1S/C12H14O2/c1-10(6-5-9-12(13)14)11-7-3-2-4-8-11/h2-5,7-10H,6H2,1H3,(H,13,14)/b9-5+. The van der Waals surface area contributed by atoms with Crippen LogP contribution in [0.4, 0.5) is 0 Å². The minimum atomic E-state index is -0.884. The van der Waals surface area contributed by atoms with E-state index in [1.807, 2.05) is 18.2 Å². The van der Waals surface area contributed by atoms with Crippen molar-refractivity contribution in [3.63, 3.8) is 0 Å². The van der Waals surface area contributed by atoms with E-state index in [0.29, 0.717) is 5.92 Å². The zero-order chi connectivity index (χ0) is 10.4. The molecule has 0 aliphatic rings. The Labute approximate surface area is 83.9 Å². The van der Waals surface area contributed by atoms with Crippen molar-refractivity contribution >= 4 is 5.97 Å². The van der Waals surface area contributed by atoms with Gasteiger partial charge in [0.25, 0.3) is 0 Å². The average molecular weight is 190 g/mol. The third-order valence-electron chi connectivity index (χ3n) is 2.12. The van der Waals surface area contributed by atoms with Gasteiger partial charge in [-0.15, -0.1) is 0 Å². The summed E-state index contributed by atoms with van der Waals surface area (Å²) in [5.74, 6) is -0.517. The fraction of sp³-hybridized carbons (Fsp3) is 0.250. The lowest BCUT2D eigenvalue weighted by Crippen LogP contribution is -1.92. The molecular formula is C12H14O2. The number of carboxylic acids is 1. The molecule has 0 amide bonds. The van der Waals surface area contributed by atoms with E-state index in [1.165, 1.54) is 11.6 Å². The molecule has 0 bridgehead atoms. The summed E-state index contributed by atoms with van der Waals surface area (Å²) >= 11 is 0. The van der Waals surface area contributed by atoms with Crippen molar-refractivity contribution in [1.82, 2.24) is 0 Å². The van der Waals surface area contributed by atoms with E-state index < -0.39 is 5.97 Å². The van der Waals surface area contributed by atoms with Crippen LogP contribution in [0.15, 0.2) is 42.5 Å². The summed E-state index contributed by atoms with van der Waals surface area (Å²) in [6.07, 6.45) is 3.65. The van der Waals surface area contributed by atoms with Crippen molar-refractivity contribution in [2.75, 3.05) is 0 Å². The first-order chi connectivity index (χ1) is 6.70. The van der Waals surface area contributed by atoms with Crippen LogP contribution in [0, 0.1) is 0 Å². The van der Waals surface area contributed by atoms with Crippen molar-refractivity contribution in [2.45, 2.75) is 19.3 Å². The van der Waals surface area contributed by atoms with E-state index in [9.17, 15) is 4.79 Å². The number of allylic oxidation sites excluding steroid dienone is 1. The van der Waals surface area contributed by atoms with Crippen LogP contribution in [0.25, 0.3) is 0 Å². The van der Waals surface area contributed by atoms with Gasteiger partial charge in [-0.1, -0.05) is 43.3 Å². The van der Waals surface area contributed by atoms with E-state index in [2.05, 4.69) is 19.1 Å². The lowest BCUT2D eigenvalue weighted by atomic mass is 9.98. The SMILES string of the molecule is CC(C/C=C/C(=O)O)c1ccccc1. The Kier molecular flexibility index (Phi) is 3.92. The van der Waals surface area contributed by atoms with Crippen molar-refractivity contribution in [1.29, 1.82) is 0 Å². The van der Waals surface area contributed by atoms with Gasteiger partial charge in [0.05, 0.1) is 0 Å². The summed E-state index contributed by atoms with van der Waals surface area (Å²) in [5, 5.41) is 8.41. The smallest absolute Gasteiger partial charge is 0.327 e. The molecule has 2 heteroatoms. The van der Waals surface area contributed by atoms with Crippen molar-refractivity contribution in [3.05, 3.63) is 48.0 Å². The summed E-state index contributed by atoms with van der Waals surface area (Å²) < 4.78 is 0. The first-order valence-electron chi connectivity index (χ1n) is 4.64. The molecule has 1 N–H and O–H groups in total. The summed E-state index contributed by atoms with van der Waals surface area (Å²) in [7, 11) is 0. The molecule has 0 aliphatic heterocycles. The summed E-state index contributed by atoms with van der Waals surface area (Å²) in [4.78, 5) is 10.2. The molecule has 0 saturated heterocycles. The molecule has 1 rings (SSSR count). The van der Waals surface area contributed by atoms with E-state index in [1.54, 1.807) is 6.08 Å². The van der Waals surface area contributed by atoms with Crippen LogP contribution >= 0.6 is 0 Å². The molecule has 1 atom stereocenters. The molecule has 2 nitrogen and oxygen atoms in total. The minimum Gasteiger partial charge on any atom is -0.478 e. The Morgan fingerprint density at radius 1 is 1.43 bits per heavy atom. The van der Waals surface area contributed by atoms with Crippen LogP contribution in [0.5, 0.6) is 0 Å². The van der Waals surface area contributed by atoms with Gasteiger partial charge in [-0.2, -0.15) is 0 Å². The second-order valence-corrected chi connectivity index (χ2v) is 3.29. The van der Waals surface area contributed by atoms with Crippen LogP contribution in [0.1, 0.15) is 24.8 Å². The third kappa shape index (κ3) is 3.44. The van der Waals surface area contributed by atoms with Gasteiger partial charge in [0.2, 0.25) is 0 Å². The Morgan fingerprint density at radius 2 is 2.07 bits per heavy atom. The lowest BCUT2D eigenvalue weighted by molar-refractivity contribution is -0.131. The molecule has 0 spiro atoms. The average Bonchev–Trinajstić information content (AvgIpc) is 2.18. The summed E-state index contributed by atoms with van der Waals surface area (Å²) in [5.41, 5.74) is 1.24. The summed E-state index contributed by atoms with van der Waals surface area (Å²) in [6.45, 7) is 2.08. The van der Waals surface area contributed by atoms with Crippen molar-refractivity contribution < 1.29 is 9.90 Å². The van der Waals surface area contributed by atoms with E-state index in [0.717, 1.165) is 6.42 Å². The zero-order valence-electron chi connectivity index (χ0n) is 8.18. The number of hydrogen-bond acceptors (Lipinski definition) is 1. The number of aliphatic carboxylic acids is 1. The van der Waals surface area contributed by atoms with Gasteiger partial charge in [-0.05, 0) is 17.9 Å². The molecule has 1 aromatic rings. The molecule has 0 aromatic heterocycles. The molecule has 0 radical (unpaired) electrons. The topological polar surface area (TPSA) is 37.3 Å². The van der Waals surface area contributed by atoms with Gasteiger partial charge in [0.15, 0.2) is 0 Å². The van der Waals surface area contributed by atoms with E-state index >= 15 is 0 Å². The second kappa shape index (κ2) is 5.22. The first kappa shape index (κ1) is 10.5. The molecule has 74 valence electrons. The lowest BCUT2D eigenvalue weighted by Gasteiger charge is -2.07. The fourth-order valence-corrected chi connectivity index (χ4v) is 1.29.